The van der Waals surface area contributed by atoms with Crippen molar-refractivity contribution >= 4 is 23.2 Å². The predicted octanol–water partition coefficient (Wildman–Crippen LogP) is 4.15. The molecule has 0 spiro atoms. The topological polar surface area (TPSA) is 0 Å². The second-order valence-corrected chi connectivity index (χ2v) is 4.17. The zero-order chi connectivity index (χ0) is 9.68. The predicted molar refractivity (Wildman–Crippen MR) is 59.7 cm³/mol. The van der Waals surface area contributed by atoms with Gasteiger partial charge in [-0.25, -0.2) is 0 Å². The summed E-state index contributed by atoms with van der Waals surface area (Å²) in [4.78, 5) is 0. The summed E-state index contributed by atoms with van der Waals surface area (Å²) < 4.78 is 0. The minimum atomic E-state index is 0.584. The van der Waals surface area contributed by atoms with Gasteiger partial charge in [0.1, 0.15) is 0 Å². The Morgan fingerprint density at radius 1 is 1.38 bits per heavy atom. The van der Waals surface area contributed by atoms with E-state index in [0.717, 1.165) is 23.7 Å². The largest absolute Gasteiger partial charge is 0.126 e. The van der Waals surface area contributed by atoms with Gasteiger partial charge in [0.2, 0.25) is 0 Å². The van der Waals surface area contributed by atoms with E-state index >= 15 is 0 Å². The Morgan fingerprint density at radius 2 is 2.15 bits per heavy atom. The van der Waals surface area contributed by atoms with E-state index < -0.39 is 0 Å². The van der Waals surface area contributed by atoms with Crippen LogP contribution in [0.2, 0.25) is 5.02 Å². The van der Waals surface area contributed by atoms with Crippen molar-refractivity contribution < 1.29 is 0 Å². The first-order valence-corrected chi connectivity index (χ1v) is 5.44. The summed E-state index contributed by atoms with van der Waals surface area (Å²) >= 11 is 11.6. The maximum atomic E-state index is 5.87. The van der Waals surface area contributed by atoms with Gasteiger partial charge in [0, 0.05) is 10.9 Å². The average Bonchev–Trinajstić information content (AvgIpc) is 2.14. The van der Waals surface area contributed by atoms with Gasteiger partial charge >= 0.3 is 0 Å². The van der Waals surface area contributed by atoms with Gasteiger partial charge in [0.15, 0.2) is 0 Å². The lowest BCUT2D eigenvalue weighted by Crippen LogP contribution is -1.98. The lowest BCUT2D eigenvalue weighted by atomic mass is 10.0. The third-order valence-corrected chi connectivity index (χ3v) is 2.84. The first-order chi connectivity index (χ1) is 6.22. The highest BCUT2D eigenvalue weighted by Crippen LogP contribution is 2.14. The van der Waals surface area contributed by atoms with Crippen molar-refractivity contribution in [1.29, 1.82) is 0 Å². The summed E-state index contributed by atoms with van der Waals surface area (Å²) in [5, 5.41) is 0.816. The molecule has 72 valence electrons. The minimum absolute atomic E-state index is 0.584. The molecule has 0 aromatic heterocycles. The van der Waals surface area contributed by atoms with E-state index in [1.807, 2.05) is 18.2 Å². The second kappa shape index (κ2) is 5.51. The number of hydrogen-bond acceptors (Lipinski definition) is 0. The molecule has 0 aliphatic carbocycles. The highest BCUT2D eigenvalue weighted by Gasteiger charge is 2.00. The molecule has 0 N–H and O–H groups in total. The van der Waals surface area contributed by atoms with Crippen molar-refractivity contribution in [3.05, 3.63) is 34.9 Å². The molecular formula is C11H14Cl2. The molecule has 1 atom stereocenters. The average molecular weight is 217 g/mol. The summed E-state index contributed by atoms with van der Waals surface area (Å²) in [7, 11) is 0. The maximum Gasteiger partial charge on any atom is 0.0408 e. The van der Waals surface area contributed by atoms with Gasteiger partial charge in [0.05, 0.1) is 0 Å². The first-order valence-electron chi connectivity index (χ1n) is 4.53. The molecule has 0 aliphatic rings. The van der Waals surface area contributed by atoms with Crippen LogP contribution in [0.15, 0.2) is 24.3 Å². The molecule has 0 fully saturated rings. The molecule has 13 heavy (non-hydrogen) atoms. The van der Waals surface area contributed by atoms with Gasteiger partial charge in [0.25, 0.3) is 0 Å². The highest BCUT2D eigenvalue weighted by atomic mass is 35.5. The van der Waals surface area contributed by atoms with E-state index in [-0.39, 0.29) is 0 Å². The fourth-order valence-corrected chi connectivity index (χ4v) is 1.55. The van der Waals surface area contributed by atoms with Crippen molar-refractivity contribution in [2.24, 2.45) is 5.92 Å². The Morgan fingerprint density at radius 3 is 2.77 bits per heavy atom. The zero-order valence-electron chi connectivity index (χ0n) is 7.76. The quantitative estimate of drug-likeness (QED) is 0.664. The van der Waals surface area contributed by atoms with E-state index in [1.54, 1.807) is 0 Å². The van der Waals surface area contributed by atoms with Crippen molar-refractivity contribution in [3.8, 4) is 0 Å². The van der Waals surface area contributed by atoms with Crippen molar-refractivity contribution in [2.45, 2.75) is 19.8 Å². The standard InChI is InChI=1S/C11H14Cl2/c1-9(8-12)5-6-10-3-2-4-11(13)7-10/h2-4,7,9H,5-6,8H2,1H3. The van der Waals surface area contributed by atoms with Gasteiger partial charge in [-0.2, -0.15) is 0 Å². The van der Waals surface area contributed by atoms with Crippen LogP contribution >= 0.6 is 23.2 Å². The fourth-order valence-electron chi connectivity index (χ4n) is 1.18. The molecule has 0 amide bonds. The summed E-state index contributed by atoms with van der Waals surface area (Å²) in [6.07, 6.45) is 2.19. The third kappa shape index (κ3) is 4.02. The lowest BCUT2D eigenvalue weighted by Gasteiger charge is -2.06. The maximum absolute atomic E-state index is 5.87. The summed E-state index contributed by atoms with van der Waals surface area (Å²) in [5.41, 5.74) is 1.30. The summed E-state index contributed by atoms with van der Waals surface area (Å²) in [6.45, 7) is 2.16. The molecule has 1 aromatic rings. The SMILES string of the molecule is CC(CCl)CCc1cccc(Cl)c1. The minimum Gasteiger partial charge on any atom is -0.126 e. The van der Waals surface area contributed by atoms with Gasteiger partial charge in [-0.15, -0.1) is 11.6 Å². The summed E-state index contributed by atoms with van der Waals surface area (Å²) in [5.74, 6) is 1.32. The Balaban J connectivity index is 2.45. The van der Waals surface area contributed by atoms with E-state index in [4.69, 9.17) is 23.2 Å². The molecule has 0 nitrogen and oxygen atoms in total. The monoisotopic (exact) mass is 216 g/mol. The van der Waals surface area contributed by atoms with Gasteiger partial charge < -0.3 is 0 Å². The molecule has 0 bridgehead atoms. The van der Waals surface area contributed by atoms with Gasteiger partial charge in [-0.1, -0.05) is 30.7 Å². The second-order valence-electron chi connectivity index (χ2n) is 3.43. The Labute approximate surface area is 89.9 Å². The van der Waals surface area contributed by atoms with E-state index in [2.05, 4.69) is 13.0 Å². The lowest BCUT2D eigenvalue weighted by molar-refractivity contribution is 0.593. The number of benzene rings is 1. The van der Waals surface area contributed by atoms with Crippen LogP contribution < -0.4 is 0 Å². The molecule has 0 heterocycles. The number of rotatable bonds is 4. The smallest absolute Gasteiger partial charge is 0.0408 e. The van der Waals surface area contributed by atoms with Crippen LogP contribution in [-0.2, 0) is 6.42 Å². The Hall–Kier alpha value is -0.200. The van der Waals surface area contributed by atoms with E-state index in [0.29, 0.717) is 5.92 Å². The van der Waals surface area contributed by atoms with Crippen LogP contribution in [0.1, 0.15) is 18.9 Å². The van der Waals surface area contributed by atoms with E-state index in [9.17, 15) is 0 Å². The Bertz CT molecular complexity index is 258. The molecule has 0 aliphatic heterocycles. The molecule has 1 rings (SSSR count). The number of aryl methyl sites for hydroxylation is 1. The summed E-state index contributed by atoms with van der Waals surface area (Å²) in [6, 6.07) is 8.01. The molecule has 0 saturated heterocycles. The van der Waals surface area contributed by atoms with Crippen molar-refractivity contribution in [2.75, 3.05) is 5.88 Å². The number of halogens is 2. The van der Waals surface area contributed by atoms with Crippen LogP contribution in [0.5, 0.6) is 0 Å². The van der Waals surface area contributed by atoms with Crippen LogP contribution in [0.3, 0.4) is 0 Å². The van der Waals surface area contributed by atoms with Crippen LogP contribution in [0, 0.1) is 5.92 Å². The molecule has 2 heteroatoms. The normalized spacial score (nSPS) is 12.8. The zero-order valence-corrected chi connectivity index (χ0v) is 9.28. The van der Waals surface area contributed by atoms with Crippen molar-refractivity contribution in [1.82, 2.24) is 0 Å². The third-order valence-electron chi connectivity index (χ3n) is 2.08. The van der Waals surface area contributed by atoms with Gasteiger partial charge in [-0.05, 0) is 36.5 Å². The van der Waals surface area contributed by atoms with Crippen LogP contribution in [0.4, 0.5) is 0 Å². The first kappa shape index (κ1) is 10.9. The number of hydrogen-bond donors (Lipinski definition) is 0. The van der Waals surface area contributed by atoms with Crippen LogP contribution in [0.25, 0.3) is 0 Å². The van der Waals surface area contributed by atoms with Crippen molar-refractivity contribution in [3.63, 3.8) is 0 Å². The fraction of sp³-hybridized carbons (Fsp3) is 0.455. The molecule has 0 saturated carbocycles. The molecule has 1 aromatic carbocycles. The van der Waals surface area contributed by atoms with Gasteiger partial charge in [-0.3, -0.25) is 0 Å². The highest BCUT2D eigenvalue weighted by molar-refractivity contribution is 6.30. The number of alkyl halides is 1. The van der Waals surface area contributed by atoms with Crippen LogP contribution in [-0.4, -0.2) is 5.88 Å². The van der Waals surface area contributed by atoms with E-state index in [1.165, 1.54) is 5.56 Å². The molecular weight excluding hydrogens is 203 g/mol. The molecule has 1 unspecified atom stereocenters. The Kier molecular flexibility index (Phi) is 4.61. The molecule has 0 radical (unpaired) electrons.